The molecule has 1 unspecified atom stereocenters. The highest BCUT2D eigenvalue weighted by atomic mass is 16.5. The lowest BCUT2D eigenvalue weighted by Gasteiger charge is -2.08. The summed E-state index contributed by atoms with van der Waals surface area (Å²) in [4.78, 5) is 10.9. The third kappa shape index (κ3) is 2.23. The maximum atomic E-state index is 10.9. The molecular weight excluding hydrogens is 215 g/mol. The van der Waals surface area contributed by atoms with Crippen molar-refractivity contribution in [2.75, 3.05) is 7.11 Å². The van der Waals surface area contributed by atoms with Gasteiger partial charge in [-0.3, -0.25) is 4.79 Å². The van der Waals surface area contributed by atoms with Crippen LogP contribution in [-0.2, 0) is 4.79 Å². The van der Waals surface area contributed by atoms with E-state index in [4.69, 9.17) is 9.84 Å². The number of hydrogen-bond donors (Lipinski definition) is 1. The Labute approximate surface area is 99.6 Å². The fourth-order valence-corrected chi connectivity index (χ4v) is 1.78. The summed E-state index contributed by atoms with van der Waals surface area (Å²) in [5.41, 5.74) is 0.815. The maximum absolute atomic E-state index is 10.9. The van der Waals surface area contributed by atoms with E-state index < -0.39 is 11.9 Å². The molecule has 17 heavy (non-hydrogen) atoms. The van der Waals surface area contributed by atoms with Crippen molar-refractivity contribution in [2.45, 2.75) is 12.8 Å². The number of carbonyl (C=O) groups is 1. The summed E-state index contributed by atoms with van der Waals surface area (Å²) >= 11 is 0. The standard InChI is InChI=1S/C14H14O3/c1-9(14(15)16)10-3-4-12-8-13(17-2)6-5-11(12)7-10/h3-9H,1-2H3,(H,15,16)/i1-1. The van der Waals surface area contributed by atoms with Gasteiger partial charge in [0.1, 0.15) is 5.75 Å². The molecule has 0 saturated heterocycles. The molecule has 0 spiro atoms. The van der Waals surface area contributed by atoms with Gasteiger partial charge in [0.15, 0.2) is 0 Å². The summed E-state index contributed by atoms with van der Waals surface area (Å²) < 4.78 is 5.14. The number of hydrogen-bond acceptors (Lipinski definition) is 2. The topological polar surface area (TPSA) is 46.5 Å². The van der Waals surface area contributed by atoms with Crippen LogP contribution >= 0.6 is 0 Å². The number of aliphatic carboxylic acids is 1. The van der Waals surface area contributed by atoms with E-state index in [-0.39, 0.29) is 0 Å². The van der Waals surface area contributed by atoms with Gasteiger partial charge in [0.2, 0.25) is 0 Å². The van der Waals surface area contributed by atoms with E-state index in [1.54, 1.807) is 14.0 Å². The van der Waals surface area contributed by atoms with Crippen LogP contribution < -0.4 is 4.74 Å². The third-order valence-electron chi connectivity index (χ3n) is 2.94. The van der Waals surface area contributed by atoms with Gasteiger partial charge in [0.25, 0.3) is 0 Å². The molecular formula is C14H14O3. The van der Waals surface area contributed by atoms with Gasteiger partial charge in [-0.25, -0.2) is 0 Å². The monoisotopic (exact) mass is 229 g/mol. The van der Waals surface area contributed by atoms with Crippen molar-refractivity contribution in [1.82, 2.24) is 0 Å². The highest BCUT2D eigenvalue weighted by Gasteiger charge is 2.13. The van der Waals surface area contributed by atoms with Crippen LogP contribution in [-0.4, -0.2) is 18.2 Å². The third-order valence-corrected chi connectivity index (χ3v) is 2.94. The molecule has 2 aromatic rings. The molecule has 1 N–H and O–H groups in total. The van der Waals surface area contributed by atoms with Crippen LogP contribution in [0, 0.1) is 0 Å². The lowest BCUT2D eigenvalue weighted by atomic mass is 9.86. The van der Waals surface area contributed by atoms with Gasteiger partial charge in [-0.1, -0.05) is 24.3 Å². The fourth-order valence-electron chi connectivity index (χ4n) is 1.78. The van der Waals surface area contributed by atoms with Crippen molar-refractivity contribution in [2.24, 2.45) is 0 Å². The van der Waals surface area contributed by atoms with E-state index in [2.05, 4.69) is 0 Å². The highest BCUT2D eigenvalue weighted by Crippen LogP contribution is 2.25. The Hall–Kier alpha value is -2.03. The van der Waals surface area contributed by atoms with Crippen LogP contribution in [0.3, 0.4) is 0 Å². The Morgan fingerprint density at radius 2 is 1.82 bits per heavy atom. The van der Waals surface area contributed by atoms with Crippen LogP contribution in [0.25, 0.3) is 10.8 Å². The molecule has 0 saturated carbocycles. The predicted octanol–water partition coefficient (Wildman–Crippen LogP) is 3.04. The Morgan fingerprint density at radius 3 is 2.47 bits per heavy atom. The number of benzene rings is 2. The summed E-state index contributed by atoms with van der Waals surface area (Å²) in [6.45, 7) is 1.69. The summed E-state index contributed by atoms with van der Waals surface area (Å²) in [5.74, 6) is -0.490. The summed E-state index contributed by atoms with van der Waals surface area (Å²) in [6.07, 6.45) is 0. The van der Waals surface area contributed by atoms with Crippen LogP contribution in [0.2, 0.25) is 0 Å². The minimum absolute atomic E-state index is 0.485. The first-order chi connectivity index (χ1) is 8.11. The number of carboxylic acids is 1. The molecule has 2 rings (SSSR count). The number of methoxy groups -OCH3 is 1. The normalized spacial score (nSPS) is 12.4. The average molecular weight is 229 g/mol. The fraction of sp³-hybridized carbons (Fsp3) is 0.214. The van der Waals surface area contributed by atoms with Gasteiger partial charge in [-0.05, 0) is 35.4 Å². The molecule has 0 bridgehead atoms. The zero-order chi connectivity index (χ0) is 12.4. The highest BCUT2D eigenvalue weighted by molar-refractivity contribution is 5.86. The lowest BCUT2D eigenvalue weighted by molar-refractivity contribution is -0.138. The maximum Gasteiger partial charge on any atom is 0.310 e. The number of rotatable bonds is 3. The minimum Gasteiger partial charge on any atom is -0.497 e. The van der Waals surface area contributed by atoms with Crippen LogP contribution in [0.1, 0.15) is 18.4 Å². The summed E-state index contributed by atoms with van der Waals surface area (Å²) in [5, 5.41) is 11.0. The van der Waals surface area contributed by atoms with Gasteiger partial charge in [0.05, 0.1) is 13.0 Å². The molecule has 0 aromatic heterocycles. The van der Waals surface area contributed by atoms with Crippen molar-refractivity contribution < 1.29 is 14.6 Å². The average Bonchev–Trinajstić information content (AvgIpc) is 2.36. The molecule has 3 nitrogen and oxygen atoms in total. The molecule has 0 amide bonds. The smallest absolute Gasteiger partial charge is 0.310 e. The van der Waals surface area contributed by atoms with E-state index in [0.29, 0.717) is 0 Å². The summed E-state index contributed by atoms with van der Waals surface area (Å²) in [7, 11) is 1.63. The van der Waals surface area contributed by atoms with E-state index in [1.165, 1.54) is 0 Å². The molecule has 0 radical (unpaired) electrons. The van der Waals surface area contributed by atoms with Gasteiger partial charge in [-0.2, -0.15) is 0 Å². The Morgan fingerprint density at radius 1 is 1.18 bits per heavy atom. The number of fused-ring (bicyclic) bond motifs is 1. The molecule has 3 heteroatoms. The Kier molecular flexibility index (Phi) is 3.00. The minimum atomic E-state index is -0.808. The van der Waals surface area contributed by atoms with Gasteiger partial charge in [0, 0.05) is 0 Å². The molecule has 0 aliphatic heterocycles. The number of carboxylic acid groups (broad SMARTS) is 1. The van der Waals surface area contributed by atoms with E-state index in [0.717, 1.165) is 22.1 Å². The van der Waals surface area contributed by atoms with Crippen LogP contribution in [0.15, 0.2) is 36.4 Å². The second kappa shape index (κ2) is 4.45. The van der Waals surface area contributed by atoms with Crippen LogP contribution in [0.4, 0.5) is 0 Å². The quantitative estimate of drug-likeness (QED) is 0.879. The molecule has 0 heterocycles. The van der Waals surface area contributed by atoms with Gasteiger partial charge >= 0.3 is 5.97 Å². The lowest BCUT2D eigenvalue weighted by Crippen LogP contribution is -2.06. The van der Waals surface area contributed by atoms with Crippen molar-refractivity contribution in [1.29, 1.82) is 0 Å². The second-order valence-corrected chi connectivity index (χ2v) is 4.03. The van der Waals surface area contributed by atoms with E-state index in [1.807, 2.05) is 36.4 Å². The van der Waals surface area contributed by atoms with Crippen molar-refractivity contribution in [3.63, 3.8) is 0 Å². The first-order valence-electron chi connectivity index (χ1n) is 5.42. The molecule has 0 aliphatic rings. The van der Waals surface area contributed by atoms with E-state index >= 15 is 0 Å². The first-order valence-corrected chi connectivity index (χ1v) is 5.42. The molecule has 0 aliphatic carbocycles. The predicted molar refractivity (Wildman–Crippen MR) is 66.6 cm³/mol. The molecule has 88 valence electrons. The molecule has 0 fully saturated rings. The van der Waals surface area contributed by atoms with Crippen molar-refractivity contribution in [3.05, 3.63) is 42.0 Å². The molecule has 1 atom stereocenters. The second-order valence-electron chi connectivity index (χ2n) is 4.03. The zero-order valence-corrected chi connectivity index (χ0v) is 9.81. The van der Waals surface area contributed by atoms with E-state index in [9.17, 15) is 4.79 Å². The molecule has 2 aromatic carbocycles. The first kappa shape index (κ1) is 11.5. The van der Waals surface area contributed by atoms with Crippen LogP contribution in [0.5, 0.6) is 5.75 Å². The van der Waals surface area contributed by atoms with Gasteiger partial charge < -0.3 is 9.84 Å². The Balaban J connectivity index is 2.48. The summed E-state index contributed by atoms with van der Waals surface area (Å²) in [6, 6.07) is 11.4. The number of ether oxygens (including phenoxy) is 1. The Bertz CT molecular complexity index is 560. The van der Waals surface area contributed by atoms with Gasteiger partial charge in [-0.15, -0.1) is 0 Å². The largest absolute Gasteiger partial charge is 0.497 e. The zero-order valence-electron chi connectivity index (χ0n) is 9.81. The SMILES string of the molecule is COc1ccc2cc(C([11CH3])C(=O)O)ccc2c1. The van der Waals surface area contributed by atoms with Crippen molar-refractivity contribution >= 4 is 16.7 Å². The van der Waals surface area contributed by atoms with Crippen molar-refractivity contribution in [3.8, 4) is 5.75 Å².